The van der Waals surface area contributed by atoms with Gasteiger partial charge in [-0.3, -0.25) is 14.6 Å². The summed E-state index contributed by atoms with van der Waals surface area (Å²) in [7, 11) is 0. The third-order valence-corrected chi connectivity index (χ3v) is 4.71. The van der Waals surface area contributed by atoms with Gasteiger partial charge in [-0.1, -0.05) is 20.8 Å². The fraction of sp³-hybridized carbons (Fsp3) is 0.611. The second-order valence-electron chi connectivity index (χ2n) is 7.83. The summed E-state index contributed by atoms with van der Waals surface area (Å²) >= 11 is 0. The van der Waals surface area contributed by atoms with Gasteiger partial charge in [0.25, 0.3) is 5.91 Å². The quantitative estimate of drug-likeness (QED) is 0.893. The van der Waals surface area contributed by atoms with Gasteiger partial charge in [0.05, 0.1) is 6.54 Å². The van der Waals surface area contributed by atoms with Crippen molar-refractivity contribution < 1.29 is 9.59 Å². The zero-order valence-corrected chi connectivity index (χ0v) is 14.7. The summed E-state index contributed by atoms with van der Waals surface area (Å²) in [5.41, 5.74) is 1.48. The first-order valence-corrected chi connectivity index (χ1v) is 8.61. The summed E-state index contributed by atoms with van der Waals surface area (Å²) in [6.45, 7) is 9.84. The largest absolute Gasteiger partial charge is 0.360 e. The molecule has 1 N–H and O–H groups in total. The molecule has 0 radical (unpaired) electrons. The van der Waals surface area contributed by atoms with E-state index in [1.165, 1.54) is 0 Å². The Morgan fingerprint density at radius 2 is 2.21 bits per heavy atom. The molecule has 0 aliphatic carbocycles. The summed E-state index contributed by atoms with van der Waals surface area (Å²) in [6.07, 6.45) is 2.79. The first-order chi connectivity index (χ1) is 11.3. The lowest BCUT2D eigenvalue weighted by Gasteiger charge is -2.41. The summed E-state index contributed by atoms with van der Waals surface area (Å²) in [4.78, 5) is 32.7. The number of amides is 2. The van der Waals surface area contributed by atoms with E-state index >= 15 is 0 Å². The normalized spacial score (nSPS) is 23.8. The molecule has 2 saturated heterocycles. The molecule has 6 heteroatoms. The van der Waals surface area contributed by atoms with E-state index in [9.17, 15) is 9.59 Å². The Bertz CT molecular complexity index is 644. The Morgan fingerprint density at radius 1 is 1.42 bits per heavy atom. The summed E-state index contributed by atoms with van der Waals surface area (Å²) < 4.78 is 0. The monoisotopic (exact) mass is 330 g/mol. The van der Waals surface area contributed by atoms with E-state index in [-0.39, 0.29) is 17.2 Å². The lowest BCUT2D eigenvalue weighted by molar-refractivity contribution is -0.120. The molecule has 1 aromatic heterocycles. The highest BCUT2D eigenvalue weighted by Gasteiger charge is 2.33. The molecule has 3 rings (SSSR count). The van der Waals surface area contributed by atoms with Gasteiger partial charge in [0.1, 0.15) is 5.69 Å². The minimum absolute atomic E-state index is 0.0116. The fourth-order valence-corrected chi connectivity index (χ4v) is 3.94. The van der Waals surface area contributed by atoms with Gasteiger partial charge in [-0.2, -0.15) is 0 Å². The molecule has 3 heterocycles. The van der Waals surface area contributed by atoms with Gasteiger partial charge in [0, 0.05) is 38.1 Å². The van der Waals surface area contributed by atoms with E-state index in [0.717, 1.165) is 31.7 Å². The minimum atomic E-state index is -0.0158. The molecule has 2 aliphatic rings. The van der Waals surface area contributed by atoms with E-state index < -0.39 is 0 Å². The van der Waals surface area contributed by atoms with E-state index in [1.54, 1.807) is 6.20 Å². The number of likely N-dealkylation sites (tertiary alicyclic amines) is 1. The molecule has 2 aliphatic heterocycles. The van der Waals surface area contributed by atoms with Crippen molar-refractivity contribution in [2.24, 2.45) is 11.3 Å². The number of hydrogen-bond acceptors (Lipinski definition) is 4. The molecule has 6 nitrogen and oxygen atoms in total. The maximum Gasteiger partial charge on any atom is 0.272 e. The molecule has 130 valence electrons. The van der Waals surface area contributed by atoms with Crippen molar-refractivity contribution in [3.63, 3.8) is 0 Å². The van der Waals surface area contributed by atoms with Gasteiger partial charge < -0.3 is 15.1 Å². The molecule has 1 unspecified atom stereocenters. The minimum Gasteiger partial charge on any atom is -0.360 e. The number of carbonyl (C=O) groups excluding carboxylic acids is 2. The Balaban J connectivity index is 1.78. The molecular formula is C18H26N4O2. The van der Waals surface area contributed by atoms with Crippen molar-refractivity contribution in [3.05, 3.63) is 24.0 Å². The lowest BCUT2D eigenvalue weighted by atomic mass is 9.79. The third kappa shape index (κ3) is 3.68. The zero-order valence-electron chi connectivity index (χ0n) is 14.7. The standard InChI is InChI=1S/C18H26N4O2/c1-13-9-18(2,3)12-22(10-13)17(24)15-8-14(4-5-19-15)21-7-6-20-16(23)11-21/h4-5,8,13H,6-7,9-12H2,1-3H3,(H,20,23). The van der Waals surface area contributed by atoms with Crippen LogP contribution in [0.4, 0.5) is 5.69 Å². The zero-order chi connectivity index (χ0) is 17.3. The number of pyridine rings is 1. The van der Waals surface area contributed by atoms with Crippen LogP contribution < -0.4 is 10.2 Å². The smallest absolute Gasteiger partial charge is 0.272 e. The first kappa shape index (κ1) is 16.7. The highest BCUT2D eigenvalue weighted by atomic mass is 16.2. The Morgan fingerprint density at radius 3 is 2.92 bits per heavy atom. The topological polar surface area (TPSA) is 65.5 Å². The number of piperazine rings is 1. The molecule has 2 fully saturated rings. The fourth-order valence-electron chi connectivity index (χ4n) is 3.94. The predicted molar refractivity (Wildman–Crippen MR) is 92.9 cm³/mol. The third-order valence-electron chi connectivity index (χ3n) is 4.71. The summed E-state index contributed by atoms with van der Waals surface area (Å²) in [6, 6.07) is 3.67. The molecule has 0 spiro atoms. The van der Waals surface area contributed by atoms with Gasteiger partial charge in [-0.25, -0.2) is 0 Å². The average molecular weight is 330 g/mol. The number of aromatic nitrogens is 1. The molecule has 0 aromatic carbocycles. The SMILES string of the molecule is CC1CN(C(=O)c2cc(N3CCNC(=O)C3)ccn2)CC(C)(C)C1. The van der Waals surface area contributed by atoms with Crippen LogP contribution in [0.2, 0.25) is 0 Å². The van der Waals surface area contributed by atoms with Crippen LogP contribution in [0.25, 0.3) is 0 Å². The predicted octanol–water partition coefficient (Wildman–Crippen LogP) is 1.53. The van der Waals surface area contributed by atoms with Crippen LogP contribution in [0.3, 0.4) is 0 Å². The average Bonchev–Trinajstić information content (AvgIpc) is 2.52. The number of anilines is 1. The summed E-state index contributed by atoms with van der Waals surface area (Å²) in [5.74, 6) is 0.488. The lowest BCUT2D eigenvalue weighted by Crippen LogP contribution is -2.48. The van der Waals surface area contributed by atoms with E-state index in [2.05, 4.69) is 31.1 Å². The van der Waals surface area contributed by atoms with Crippen molar-refractivity contribution in [2.75, 3.05) is 37.6 Å². The van der Waals surface area contributed by atoms with Gasteiger partial charge in [0.15, 0.2) is 0 Å². The van der Waals surface area contributed by atoms with Crippen LogP contribution in [0.5, 0.6) is 0 Å². The van der Waals surface area contributed by atoms with Crippen LogP contribution in [0.1, 0.15) is 37.7 Å². The second kappa shape index (κ2) is 6.42. The van der Waals surface area contributed by atoms with Crippen molar-refractivity contribution in [2.45, 2.75) is 27.2 Å². The van der Waals surface area contributed by atoms with Crippen molar-refractivity contribution in [3.8, 4) is 0 Å². The first-order valence-electron chi connectivity index (χ1n) is 8.61. The number of rotatable bonds is 2. The van der Waals surface area contributed by atoms with Crippen molar-refractivity contribution >= 4 is 17.5 Å². The molecule has 1 atom stereocenters. The van der Waals surface area contributed by atoms with Crippen LogP contribution in [0.15, 0.2) is 18.3 Å². The van der Waals surface area contributed by atoms with Crippen molar-refractivity contribution in [1.29, 1.82) is 0 Å². The van der Waals surface area contributed by atoms with Gasteiger partial charge in [-0.05, 0) is 29.9 Å². The van der Waals surface area contributed by atoms with E-state index in [4.69, 9.17) is 0 Å². The van der Waals surface area contributed by atoms with Gasteiger partial charge in [-0.15, -0.1) is 0 Å². The second-order valence-corrected chi connectivity index (χ2v) is 7.83. The number of piperidine rings is 1. The maximum atomic E-state index is 12.9. The Hall–Kier alpha value is -2.11. The van der Waals surface area contributed by atoms with Crippen LogP contribution in [-0.2, 0) is 4.79 Å². The van der Waals surface area contributed by atoms with E-state index in [0.29, 0.717) is 24.7 Å². The highest BCUT2D eigenvalue weighted by molar-refractivity contribution is 5.93. The van der Waals surface area contributed by atoms with Crippen LogP contribution in [0, 0.1) is 11.3 Å². The summed E-state index contributed by atoms with van der Waals surface area (Å²) in [5, 5.41) is 2.81. The highest BCUT2D eigenvalue weighted by Crippen LogP contribution is 2.32. The van der Waals surface area contributed by atoms with E-state index in [1.807, 2.05) is 21.9 Å². The Kier molecular flexibility index (Phi) is 4.47. The van der Waals surface area contributed by atoms with Gasteiger partial charge in [0.2, 0.25) is 5.91 Å². The van der Waals surface area contributed by atoms with Crippen LogP contribution in [-0.4, -0.2) is 54.4 Å². The van der Waals surface area contributed by atoms with Crippen LogP contribution >= 0.6 is 0 Å². The molecular weight excluding hydrogens is 304 g/mol. The maximum absolute atomic E-state index is 12.9. The number of nitrogens with one attached hydrogen (secondary N) is 1. The number of nitrogens with zero attached hydrogens (tertiary/aromatic N) is 3. The molecule has 1 aromatic rings. The molecule has 2 amide bonds. The number of carbonyl (C=O) groups is 2. The van der Waals surface area contributed by atoms with Crippen molar-refractivity contribution in [1.82, 2.24) is 15.2 Å². The molecule has 0 bridgehead atoms. The van der Waals surface area contributed by atoms with Gasteiger partial charge >= 0.3 is 0 Å². The number of hydrogen-bond donors (Lipinski definition) is 1. The Labute approximate surface area is 143 Å². The molecule has 0 saturated carbocycles. The molecule has 24 heavy (non-hydrogen) atoms.